The average molecular weight is 260 g/mol. The van der Waals surface area contributed by atoms with Gasteiger partial charge in [0, 0.05) is 6.54 Å². The Labute approximate surface area is 113 Å². The Morgan fingerprint density at radius 1 is 1.37 bits per heavy atom. The monoisotopic (exact) mass is 260 g/mol. The molecule has 1 aromatic carbocycles. The maximum absolute atomic E-state index is 12.2. The quantitative estimate of drug-likeness (QED) is 0.833. The molecule has 0 saturated carbocycles. The normalized spacial score (nSPS) is 29.4. The van der Waals surface area contributed by atoms with Crippen LogP contribution >= 0.6 is 0 Å². The van der Waals surface area contributed by atoms with Crippen molar-refractivity contribution in [3.05, 3.63) is 29.8 Å². The molecule has 3 rings (SSSR count). The molecule has 4 nitrogen and oxygen atoms in total. The van der Waals surface area contributed by atoms with Crippen LogP contribution in [0.1, 0.15) is 12.5 Å². The standard InChI is InChI=1S/C15H20N2O2/c1-10-7-16-8-13(10)15(18)17-12-6-11-4-2-3-5-14(11)19-9-12/h2-5,10,12-13,16H,6-9H2,1H3,(H,17,18)/t10-,12?,13-/m1/s1. The molecule has 0 spiro atoms. The minimum Gasteiger partial charge on any atom is -0.491 e. The van der Waals surface area contributed by atoms with E-state index in [0.717, 1.165) is 25.3 Å². The van der Waals surface area contributed by atoms with Gasteiger partial charge in [-0.25, -0.2) is 0 Å². The van der Waals surface area contributed by atoms with E-state index >= 15 is 0 Å². The topological polar surface area (TPSA) is 50.4 Å². The molecular formula is C15H20N2O2. The molecule has 1 amide bonds. The molecule has 1 unspecified atom stereocenters. The number of benzene rings is 1. The lowest BCUT2D eigenvalue weighted by Crippen LogP contribution is -2.46. The van der Waals surface area contributed by atoms with Gasteiger partial charge in [0.05, 0.1) is 12.0 Å². The second kappa shape index (κ2) is 5.21. The van der Waals surface area contributed by atoms with Crippen LogP contribution in [0.15, 0.2) is 24.3 Å². The average Bonchev–Trinajstić information content (AvgIpc) is 2.85. The number of fused-ring (bicyclic) bond motifs is 1. The zero-order valence-electron chi connectivity index (χ0n) is 11.2. The molecule has 19 heavy (non-hydrogen) atoms. The highest BCUT2D eigenvalue weighted by atomic mass is 16.5. The van der Waals surface area contributed by atoms with Gasteiger partial charge in [-0.05, 0) is 30.5 Å². The number of rotatable bonds is 2. The Kier molecular flexibility index (Phi) is 3.42. The van der Waals surface area contributed by atoms with E-state index in [9.17, 15) is 4.79 Å². The lowest BCUT2D eigenvalue weighted by Gasteiger charge is -2.27. The van der Waals surface area contributed by atoms with Crippen LogP contribution in [0.3, 0.4) is 0 Å². The first-order valence-electron chi connectivity index (χ1n) is 6.96. The summed E-state index contributed by atoms with van der Waals surface area (Å²) in [7, 11) is 0. The summed E-state index contributed by atoms with van der Waals surface area (Å²) in [5.41, 5.74) is 1.18. The lowest BCUT2D eigenvalue weighted by atomic mass is 9.96. The first-order chi connectivity index (χ1) is 9.24. The molecule has 1 fully saturated rings. The van der Waals surface area contributed by atoms with Crippen LogP contribution in [0.25, 0.3) is 0 Å². The highest BCUT2D eigenvalue weighted by molar-refractivity contribution is 5.80. The largest absolute Gasteiger partial charge is 0.491 e. The molecule has 4 heteroatoms. The SMILES string of the molecule is C[C@@H]1CNC[C@H]1C(=O)NC1COc2ccccc2C1. The molecular weight excluding hydrogens is 240 g/mol. The van der Waals surface area contributed by atoms with Gasteiger partial charge in [0.15, 0.2) is 0 Å². The van der Waals surface area contributed by atoms with Crippen LogP contribution < -0.4 is 15.4 Å². The third-order valence-electron chi connectivity index (χ3n) is 4.08. The van der Waals surface area contributed by atoms with Crippen LogP contribution in [-0.4, -0.2) is 31.6 Å². The molecule has 0 aliphatic carbocycles. The summed E-state index contributed by atoms with van der Waals surface area (Å²) in [6, 6.07) is 8.12. The first-order valence-corrected chi connectivity index (χ1v) is 6.96. The molecule has 0 bridgehead atoms. The third-order valence-corrected chi connectivity index (χ3v) is 4.08. The number of carbonyl (C=O) groups is 1. The van der Waals surface area contributed by atoms with E-state index in [2.05, 4.69) is 23.6 Å². The van der Waals surface area contributed by atoms with Crippen molar-refractivity contribution in [2.24, 2.45) is 11.8 Å². The molecule has 102 valence electrons. The fraction of sp³-hybridized carbons (Fsp3) is 0.533. The highest BCUT2D eigenvalue weighted by Crippen LogP contribution is 2.24. The summed E-state index contributed by atoms with van der Waals surface area (Å²) in [6.07, 6.45) is 0.858. The van der Waals surface area contributed by atoms with Crippen molar-refractivity contribution in [3.8, 4) is 5.75 Å². The maximum atomic E-state index is 12.2. The van der Waals surface area contributed by atoms with Crippen LogP contribution in [-0.2, 0) is 11.2 Å². The second-order valence-electron chi connectivity index (χ2n) is 5.57. The lowest BCUT2D eigenvalue weighted by molar-refractivity contribution is -0.126. The predicted molar refractivity (Wildman–Crippen MR) is 73.1 cm³/mol. The van der Waals surface area contributed by atoms with Crippen molar-refractivity contribution in [2.75, 3.05) is 19.7 Å². The Morgan fingerprint density at radius 3 is 3.00 bits per heavy atom. The Morgan fingerprint density at radius 2 is 2.21 bits per heavy atom. The van der Waals surface area contributed by atoms with E-state index in [1.165, 1.54) is 5.56 Å². The van der Waals surface area contributed by atoms with E-state index in [1.54, 1.807) is 0 Å². The zero-order chi connectivity index (χ0) is 13.2. The first kappa shape index (κ1) is 12.5. The third kappa shape index (κ3) is 2.59. The van der Waals surface area contributed by atoms with Gasteiger partial charge in [0.1, 0.15) is 12.4 Å². The van der Waals surface area contributed by atoms with Crippen molar-refractivity contribution >= 4 is 5.91 Å². The van der Waals surface area contributed by atoms with Crippen molar-refractivity contribution in [3.63, 3.8) is 0 Å². The van der Waals surface area contributed by atoms with Gasteiger partial charge in [-0.3, -0.25) is 4.79 Å². The fourth-order valence-corrected chi connectivity index (χ4v) is 2.89. The molecule has 2 N–H and O–H groups in total. The van der Waals surface area contributed by atoms with Crippen LogP contribution in [0.2, 0.25) is 0 Å². The molecule has 0 radical (unpaired) electrons. The van der Waals surface area contributed by atoms with E-state index in [4.69, 9.17) is 4.74 Å². The van der Waals surface area contributed by atoms with E-state index in [-0.39, 0.29) is 17.9 Å². The number of para-hydroxylation sites is 1. The zero-order valence-corrected chi connectivity index (χ0v) is 11.2. The van der Waals surface area contributed by atoms with Crippen molar-refractivity contribution in [1.29, 1.82) is 0 Å². The summed E-state index contributed by atoms with van der Waals surface area (Å²) in [4.78, 5) is 12.2. The summed E-state index contributed by atoms with van der Waals surface area (Å²) in [5.74, 6) is 1.61. The second-order valence-corrected chi connectivity index (χ2v) is 5.57. The van der Waals surface area contributed by atoms with Crippen LogP contribution in [0.5, 0.6) is 5.75 Å². The number of amides is 1. The highest BCUT2D eigenvalue weighted by Gasteiger charge is 2.31. The Hall–Kier alpha value is -1.55. The van der Waals surface area contributed by atoms with Crippen LogP contribution in [0.4, 0.5) is 0 Å². The summed E-state index contributed by atoms with van der Waals surface area (Å²) in [5, 5.41) is 6.39. The minimum atomic E-state index is 0.0928. The molecule has 1 aromatic rings. The van der Waals surface area contributed by atoms with E-state index < -0.39 is 0 Å². The fourth-order valence-electron chi connectivity index (χ4n) is 2.89. The van der Waals surface area contributed by atoms with Crippen molar-refractivity contribution in [1.82, 2.24) is 10.6 Å². The maximum Gasteiger partial charge on any atom is 0.225 e. The van der Waals surface area contributed by atoms with Gasteiger partial charge in [-0.1, -0.05) is 25.1 Å². The number of hydrogen-bond donors (Lipinski definition) is 2. The Bertz CT molecular complexity index is 475. The molecule has 0 aromatic heterocycles. The van der Waals surface area contributed by atoms with Gasteiger partial charge in [0.25, 0.3) is 0 Å². The van der Waals surface area contributed by atoms with Gasteiger partial charge in [-0.15, -0.1) is 0 Å². The van der Waals surface area contributed by atoms with Crippen molar-refractivity contribution < 1.29 is 9.53 Å². The molecule has 2 heterocycles. The summed E-state index contributed by atoms with van der Waals surface area (Å²) >= 11 is 0. The van der Waals surface area contributed by atoms with Gasteiger partial charge < -0.3 is 15.4 Å². The molecule has 2 aliphatic rings. The summed E-state index contributed by atoms with van der Waals surface area (Å²) in [6.45, 7) is 4.41. The molecule has 2 aliphatic heterocycles. The number of ether oxygens (including phenoxy) is 1. The Balaban J connectivity index is 1.61. The smallest absolute Gasteiger partial charge is 0.225 e. The summed E-state index contributed by atoms with van der Waals surface area (Å²) < 4.78 is 5.70. The van der Waals surface area contributed by atoms with Gasteiger partial charge >= 0.3 is 0 Å². The molecule has 3 atom stereocenters. The number of hydrogen-bond acceptors (Lipinski definition) is 3. The number of carbonyl (C=O) groups excluding carboxylic acids is 1. The van der Waals surface area contributed by atoms with Gasteiger partial charge in [-0.2, -0.15) is 0 Å². The van der Waals surface area contributed by atoms with Gasteiger partial charge in [0.2, 0.25) is 5.91 Å². The van der Waals surface area contributed by atoms with E-state index in [0.29, 0.717) is 12.5 Å². The predicted octanol–water partition coefficient (Wildman–Crippen LogP) is 0.962. The minimum absolute atomic E-state index is 0.0928. The van der Waals surface area contributed by atoms with Crippen molar-refractivity contribution in [2.45, 2.75) is 19.4 Å². The van der Waals surface area contributed by atoms with Crippen LogP contribution in [0, 0.1) is 11.8 Å². The molecule has 1 saturated heterocycles. The number of nitrogens with one attached hydrogen (secondary N) is 2. The van der Waals surface area contributed by atoms with E-state index in [1.807, 2.05) is 18.2 Å².